The number of carbonyl (C=O) groups excluding carboxylic acids is 1. The fourth-order valence-corrected chi connectivity index (χ4v) is 7.39. The zero-order valence-electron chi connectivity index (χ0n) is 35.9. The molecule has 1 amide bonds. The van der Waals surface area contributed by atoms with Gasteiger partial charge < -0.3 is 4.90 Å². The minimum atomic E-state index is -0.108. The largest absolute Gasteiger partial charge is 0.301 e. The second kappa shape index (κ2) is 12.7. The van der Waals surface area contributed by atoms with Crippen LogP contribution >= 0.6 is 0 Å². The molecule has 0 radical (unpaired) electrons. The van der Waals surface area contributed by atoms with Gasteiger partial charge in [0.1, 0.15) is 6.54 Å². The summed E-state index contributed by atoms with van der Waals surface area (Å²) in [7, 11) is 0. The fraction of sp³-hybridized carbons (Fsp3) is 0.500. The molecule has 278 valence electrons. The van der Waals surface area contributed by atoms with Crippen molar-refractivity contribution in [3.05, 3.63) is 100 Å². The molecule has 0 N–H and O–H groups in total. The van der Waals surface area contributed by atoms with Gasteiger partial charge in [-0.25, -0.2) is 0 Å². The Morgan fingerprint density at radius 3 is 0.923 bits per heavy atom. The van der Waals surface area contributed by atoms with Crippen molar-refractivity contribution in [2.45, 2.75) is 157 Å². The van der Waals surface area contributed by atoms with Crippen LogP contribution in [0, 0.1) is 0 Å². The van der Waals surface area contributed by atoms with E-state index in [1.54, 1.807) is 0 Å². The Kier molecular flexibility index (Phi) is 9.69. The maximum Gasteiger partial charge on any atom is 0.247 e. The van der Waals surface area contributed by atoms with E-state index in [1.165, 1.54) is 61.2 Å². The number of amides is 1. The van der Waals surface area contributed by atoms with E-state index in [1.807, 2.05) is 4.90 Å². The first kappa shape index (κ1) is 39.6. The first-order chi connectivity index (χ1) is 23.5. The smallest absolute Gasteiger partial charge is 0.247 e. The number of carbonyl (C=O) groups is 1. The molecule has 0 spiro atoms. The maximum atomic E-state index is 13.2. The quantitative estimate of drug-likeness (QED) is 0.194. The Morgan fingerprint density at radius 1 is 0.365 bits per heavy atom. The first-order valence-electron chi connectivity index (χ1n) is 19.4. The lowest BCUT2D eigenvalue weighted by Crippen LogP contribution is -2.19. The first-order valence-corrected chi connectivity index (χ1v) is 19.4. The van der Waals surface area contributed by atoms with Gasteiger partial charge in [0.25, 0.3) is 0 Å². The van der Waals surface area contributed by atoms with Crippen molar-refractivity contribution in [3.63, 3.8) is 0 Å². The average molecular weight is 698 g/mol. The van der Waals surface area contributed by atoms with E-state index in [0.717, 1.165) is 11.3 Å². The molecule has 1 heterocycles. The lowest BCUT2D eigenvalue weighted by Gasteiger charge is -2.32. The third kappa shape index (κ3) is 7.97. The van der Waals surface area contributed by atoms with E-state index in [0.29, 0.717) is 6.54 Å². The molecule has 2 nitrogen and oxygen atoms in total. The summed E-state index contributed by atoms with van der Waals surface area (Å²) in [4.78, 5) is 15.1. The van der Waals surface area contributed by atoms with Crippen molar-refractivity contribution < 1.29 is 4.79 Å². The third-order valence-electron chi connectivity index (χ3n) is 10.9. The van der Waals surface area contributed by atoms with Crippen LogP contribution in [0.3, 0.4) is 0 Å². The molecule has 0 atom stereocenters. The van der Waals surface area contributed by atoms with E-state index in [-0.39, 0.29) is 38.4 Å². The Bertz CT molecular complexity index is 2010. The molecule has 4 aromatic rings. The molecular formula is C50H67NO. The monoisotopic (exact) mass is 698 g/mol. The lowest BCUT2D eigenvalue weighted by molar-refractivity contribution is -0.109. The van der Waals surface area contributed by atoms with Crippen molar-refractivity contribution >= 4 is 11.6 Å². The van der Waals surface area contributed by atoms with Gasteiger partial charge in [0.15, 0.2) is 0 Å². The van der Waals surface area contributed by atoms with E-state index in [4.69, 9.17) is 0 Å². The highest BCUT2D eigenvalue weighted by atomic mass is 16.2. The summed E-state index contributed by atoms with van der Waals surface area (Å²) in [5, 5.41) is 0. The van der Waals surface area contributed by atoms with Crippen LogP contribution in [0.25, 0.3) is 33.4 Å². The summed E-state index contributed by atoms with van der Waals surface area (Å²) in [5.41, 5.74) is 15.9. The molecule has 1 aliphatic heterocycles. The molecule has 0 unspecified atom stereocenters. The molecule has 0 saturated carbocycles. The number of benzene rings is 4. The molecule has 0 bridgehead atoms. The van der Waals surface area contributed by atoms with Gasteiger partial charge in [-0.1, -0.05) is 179 Å². The SMILES string of the molecule is CC(C)(C)c1ccc(-c2cc(-c3ccc(C(C)(C)C)cc3C(C)(C)C)c(N3CC3=O)cc2-c2ccc(C(C)(C)C)cc2C(C)(C)C)c(C(C)(C)C)c1. The highest BCUT2D eigenvalue weighted by Crippen LogP contribution is 2.50. The number of hydrogen-bond acceptors (Lipinski definition) is 1. The molecule has 0 aliphatic carbocycles. The summed E-state index contributed by atoms with van der Waals surface area (Å²) in [5.74, 6) is 0.174. The van der Waals surface area contributed by atoms with Crippen LogP contribution in [0.15, 0.2) is 66.7 Å². The van der Waals surface area contributed by atoms with Crippen molar-refractivity contribution in [1.29, 1.82) is 0 Å². The van der Waals surface area contributed by atoms with Crippen LogP contribution in [-0.4, -0.2) is 12.5 Å². The maximum absolute atomic E-state index is 13.2. The Morgan fingerprint density at radius 2 is 0.654 bits per heavy atom. The Hall–Kier alpha value is -3.65. The third-order valence-corrected chi connectivity index (χ3v) is 10.9. The predicted octanol–water partition coefficient (Wildman–Crippen LogP) is 13.8. The highest BCUT2D eigenvalue weighted by Gasteiger charge is 2.37. The molecule has 1 saturated heterocycles. The fourth-order valence-electron chi connectivity index (χ4n) is 7.39. The topological polar surface area (TPSA) is 20.1 Å². The Balaban J connectivity index is 2.00. The highest BCUT2D eigenvalue weighted by molar-refractivity contribution is 6.15. The Labute approximate surface area is 317 Å². The van der Waals surface area contributed by atoms with Crippen LogP contribution in [0.1, 0.15) is 158 Å². The van der Waals surface area contributed by atoms with Gasteiger partial charge in [0.05, 0.1) is 5.69 Å². The van der Waals surface area contributed by atoms with Crippen LogP contribution in [-0.2, 0) is 37.3 Å². The molecule has 0 aromatic heterocycles. The van der Waals surface area contributed by atoms with E-state index in [2.05, 4.69) is 191 Å². The summed E-state index contributed by atoms with van der Waals surface area (Å²) in [6.07, 6.45) is 0. The minimum Gasteiger partial charge on any atom is -0.301 e. The molecule has 1 fully saturated rings. The van der Waals surface area contributed by atoms with Gasteiger partial charge in [-0.2, -0.15) is 0 Å². The molecule has 2 heteroatoms. The van der Waals surface area contributed by atoms with Crippen LogP contribution in [0.2, 0.25) is 0 Å². The van der Waals surface area contributed by atoms with E-state index < -0.39 is 0 Å². The average Bonchev–Trinajstić information content (AvgIpc) is 3.73. The van der Waals surface area contributed by atoms with E-state index >= 15 is 0 Å². The summed E-state index contributed by atoms with van der Waals surface area (Å²) in [6.45, 7) is 42.0. The van der Waals surface area contributed by atoms with Crippen molar-refractivity contribution in [1.82, 2.24) is 0 Å². The zero-order chi connectivity index (χ0) is 39.1. The molecule has 4 aromatic carbocycles. The number of nitrogens with zero attached hydrogens (tertiary/aromatic N) is 1. The lowest BCUT2D eigenvalue weighted by atomic mass is 9.73. The van der Waals surface area contributed by atoms with Gasteiger partial charge in [-0.3, -0.25) is 4.79 Å². The second-order valence-corrected chi connectivity index (χ2v) is 21.7. The van der Waals surface area contributed by atoms with Crippen LogP contribution < -0.4 is 4.90 Å². The van der Waals surface area contributed by atoms with Crippen molar-refractivity contribution in [3.8, 4) is 33.4 Å². The van der Waals surface area contributed by atoms with Crippen molar-refractivity contribution in [2.75, 3.05) is 11.4 Å². The van der Waals surface area contributed by atoms with Gasteiger partial charge in [0.2, 0.25) is 5.91 Å². The summed E-state index contributed by atoms with van der Waals surface area (Å²) in [6, 6.07) is 26.1. The van der Waals surface area contributed by atoms with Crippen LogP contribution in [0.4, 0.5) is 5.69 Å². The van der Waals surface area contributed by atoms with Gasteiger partial charge >= 0.3 is 0 Å². The number of hydrogen-bond donors (Lipinski definition) is 0. The van der Waals surface area contributed by atoms with Gasteiger partial charge in [-0.15, -0.1) is 0 Å². The molecule has 1 aliphatic rings. The van der Waals surface area contributed by atoms with E-state index in [9.17, 15) is 4.79 Å². The molecule has 5 rings (SSSR count). The summed E-state index contributed by atoms with van der Waals surface area (Å²) >= 11 is 0. The number of rotatable bonds is 4. The standard InChI is InChI=1S/C50H67NO/c1-45(2,3)31-19-22-34(40(25-31)48(10,11)12)37-28-39(36-24-21-33(47(7,8)9)27-42(36)50(16,17)18)43(51-30-44(51)52)29-38(37)35-23-20-32(46(4,5)6)26-41(35)49(13,14)15/h19-29H,30H2,1-18H3. The predicted molar refractivity (Wildman–Crippen MR) is 227 cm³/mol. The van der Waals surface area contributed by atoms with Crippen molar-refractivity contribution in [2.24, 2.45) is 0 Å². The zero-order valence-corrected chi connectivity index (χ0v) is 35.9. The van der Waals surface area contributed by atoms with Crippen LogP contribution in [0.5, 0.6) is 0 Å². The molecular weight excluding hydrogens is 631 g/mol. The minimum absolute atomic E-state index is 0.0192. The number of anilines is 1. The molecule has 52 heavy (non-hydrogen) atoms. The normalized spacial score (nSPS) is 14.7. The second-order valence-electron chi connectivity index (χ2n) is 21.7. The van der Waals surface area contributed by atoms with Gasteiger partial charge in [0, 0.05) is 5.56 Å². The van der Waals surface area contributed by atoms with Gasteiger partial charge in [-0.05, 0) is 106 Å². The summed E-state index contributed by atoms with van der Waals surface area (Å²) < 4.78 is 0.